The van der Waals surface area contributed by atoms with Crippen molar-refractivity contribution in [1.82, 2.24) is 10.2 Å². The maximum Gasteiger partial charge on any atom is 0.335 e. The Bertz CT molecular complexity index is 1030. The number of aromatic hydroxyl groups is 1. The molecule has 2 heterocycles. The van der Waals surface area contributed by atoms with Crippen molar-refractivity contribution < 1.29 is 24.6 Å². The standard InChI is InChI=1S/C20H17N3O5/c1-22-15-10-23(13-4-2-3-12(9-13)19(26)27)18(25)16(15)17(21-20(22)28)11-5-7-14(24)8-6-11/h2-9,17,24H,10H2,1H3,(H,21,28)(H,26,27)/t17-/m1/s1. The second-order valence-corrected chi connectivity index (χ2v) is 6.64. The Morgan fingerprint density at radius 1 is 1.14 bits per heavy atom. The molecule has 2 aliphatic heterocycles. The number of aromatic carboxylic acids is 1. The van der Waals surface area contributed by atoms with Crippen molar-refractivity contribution in [2.75, 3.05) is 18.5 Å². The summed E-state index contributed by atoms with van der Waals surface area (Å²) in [4.78, 5) is 39.7. The van der Waals surface area contributed by atoms with E-state index in [4.69, 9.17) is 0 Å². The summed E-state index contributed by atoms with van der Waals surface area (Å²) in [6, 6.07) is 11.4. The van der Waals surface area contributed by atoms with E-state index in [9.17, 15) is 24.6 Å². The molecule has 8 heteroatoms. The zero-order valence-electron chi connectivity index (χ0n) is 14.9. The van der Waals surface area contributed by atoms with Crippen LogP contribution in [0.4, 0.5) is 10.5 Å². The van der Waals surface area contributed by atoms with E-state index in [1.165, 1.54) is 34.1 Å². The van der Waals surface area contributed by atoms with Crippen LogP contribution < -0.4 is 10.2 Å². The summed E-state index contributed by atoms with van der Waals surface area (Å²) in [6.07, 6.45) is 0. The molecule has 0 saturated carbocycles. The van der Waals surface area contributed by atoms with Gasteiger partial charge in [-0.25, -0.2) is 9.59 Å². The lowest BCUT2D eigenvalue weighted by Gasteiger charge is -2.31. The molecule has 0 aliphatic carbocycles. The van der Waals surface area contributed by atoms with Gasteiger partial charge in [0, 0.05) is 12.7 Å². The number of hydrogen-bond acceptors (Lipinski definition) is 4. The van der Waals surface area contributed by atoms with Gasteiger partial charge in [-0.3, -0.25) is 9.69 Å². The molecular weight excluding hydrogens is 362 g/mol. The maximum atomic E-state index is 13.2. The van der Waals surface area contributed by atoms with E-state index in [0.717, 1.165) is 0 Å². The fourth-order valence-electron chi connectivity index (χ4n) is 3.50. The van der Waals surface area contributed by atoms with Crippen LogP contribution in [-0.2, 0) is 4.79 Å². The molecule has 0 bridgehead atoms. The van der Waals surface area contributed by atoms with Crippen LogP contribution in [0.25, 0.3) is 0 Å². The van der Waals surface area contributed by atoms with Gasteiger partial charge in [0.25, 0.3) is 5.91 Å². The number of urea groups is 1. The van der Waals surface area contributed by atoms with Crippen molar-refractivity contribution in [3.63, 3.8) is 0 Å². The average molecular weight is 379 g/mol. The Morgan fingerprint density at radius 2 is 1.86 bits per heavy atom. The Labute approximate surface area is 160 Å². The highest BCUT2D eigenvalue weighted by atomic mass is 16.4. The van der Waals surface area contributed by atoms with Crippen molar-refractivity contribution in [2.24, 2.45) is 0 Å². The van der Waals surface area contributed by atoms with E-state index >= 15 is 0 Å². The van der Waals surface area contributed by atoms with Crippen molar-refractivity contribution in [2.45, 2.75) is 6.04 Å². The van der Waals surface area contributed by atoms with Crippen LogP contribution in [0.1, 0.15) is 22.0 Å². The SMILES string of the molecule is CN1C(=O)N[C@H](c2ccc(O)cc2)C2=C1CN(c1cccc(C(=O)O)c1)C2=O. The number of amides is 3. The Balaban J connectivity index is 1.75. The van der Waals surface area contributed by atoms with Gasteiger partial charge < -0.3 is 20.4 Å². The lowest BCUT2D eigenvalue weighted by molar-refractivity contribution is -0.114. The zero-order chi connectivity index (χ0) is 20.0. The van der Waals surface area contributed by atoms with Gasteiger partial charge in [-0.1, -0.05) is 18.2 Å². The molecule has 3 amide bonds. The van der Waals surface area contributed by atoms with Gasteiger partial charge in [0.2, 0.25) is 0 Å². The average Bonchev–Trinajstić information content (AvgIpc) is 3.03. The Hall–Kier alpha value is -3.81. The third-order valence-corrected chi connectivity index (χ3v) is 4.99. The summed E-state index contributed by atoms with van der Waals surface area (Å²) in [5, 5.41) is 21.5. The molecule has 2 aromatic carbocycles. The third kappa shape index (κ3) is 2.75. The van der Waals surface area contributed by atoms with E-state index in [1.54, 1.807) is 31.3 Å². The molecule has 28 heavy (non-hydrogen) atoms. The number of carbonyl (C=O) groups is 3. The summed E-state index contributed by atoms with van der Waals surface area (Å²) in [7, 11) is 1.59. The van der Waals surface area contributed by atoms with Gasteiger partial charge in [0.05, 0.1) is 29.4 Å². The first-order chi connectivity index (χ1) is 13.4. The van der Waals surface area contributed by atoms with Crippen LogP contribution in [-0.4, -0.2) is 46.6 Å². The van der Waals surface area contributed by atoms with Gasteiger partial charge in [0.1, 0.15) is 5.75 Å². The maximum absolute atomic E-state index is 13.2. The second-order valence-electron chi connectivity index (χ2n) is 6.64. The number of nitrogens with one attached hydrogen (secondary N) is 1. The summed E-state index contributed by atoms with van der Waals surface area (Å²) in [5.74, 6) is -1.30. The zero-order valence-corrected chi connectivity index (χ0v) is 14.9. The van der Waals surface area contributed by atoms with Crippen LogP contribution in [0.3, 0.4) is 0 Å². The van der Waals surface area contributed by atoms with Gasteiger partial charge in [0.15, 0.2) is 0 Å². The van der Waals surface area contributed by atoms with E-state index in [0.29, 0.717) is 22.5 Å². The van der Waals surface area contributed by atoms with E-state index < -0.39 is 12.0 Å². The van der Waals surface area contributed by atoms with Crippen LogP contribution in [0.15, 0.2) is 59.8 Å². The normalized spacial score (nSPS) is 19.0. The topological polar surface area (TPSA) is 110 Å². The fraction of sp³-hybridized carbons (Fsp3) is 0.150. The smallest absolute Gasteiger partial charge is 0.335 e. The van der Waals surface area contributed by atoms with Crippen molar-refractivity contribution >= 4 is 23.6 Å². The molecule has 0 saturated heterocycles. The largest absolute Gasteiger partial charge is 0.508 e. The molecule has 2 aliphatic rings. The molecule has 1 atom stereocenters. The molecule has 4 rings (SSSR count). The number of benzene rings is 2. The number of carbonyl (C=O) groups excluding carboxylic acids is 2. The lowest BCUT2D eigenvalue weighted by Crippen LogP contribution is -2.45. The highest BCUT2D eigenvalue weighted by Crippen LogP contribution is 2.38. The van der Waals surface area contributed by atoms with Crippen LogP contribution in [0.5, 0.6) is 5.75 Å². The first-order valence-electron chi connectivity index (χ1n) is 8.58. The number of carboxylic acids is 1. The fourth-order valence-corrected chi connectivity index (χ4v) is 3.50. The van der Waals surface area contributed by atoms with E-state index in [-0.39, 0.29) is 29.8 Å². The predicted molar refractivity (Wildman–Crippen MR) is 99.9 cm³/mol. The Morgan fingerprint density at radius 3 is 2.54 bits per heavy atom. The molecule has 3 N–H and O–H groups in total. The highest BCUT2D eigenvalue weighted by molar-refractivity contribution is 6.12. The Kier molecular flexibility index (Phi) is 4.03. The minimum Gasteiger partial charge on any atom is -0.508 e. The number of nitrogens with zero attached hydrogens (tertiary/aromatic N) is 2. The molecule has 2 aromatic rings. The minimum absolute atomic E-state index is 0.0767. The molecule has 0 radical (unpaired) electrons. The number of likely N-dealkylation sites (N-methyl/N-ethyl adjacent to an activating group) is 1. The van der Waals surface area contributed by atoms with Crippen LogP contribution >= 0.6 is 0 Å². The molecule has 0 spiro atoms. The van der Waals surface area contributed by atoms with Gasteiger partial charge in [-0.15, -0.1) is 0 Å². The van der Waals surface area contributed by atoms with Crippen LogP contribution in [0.2, 0.25) is 0 Å². The predicted octanol–water partition coefficient (Wildman–Crippen LogP) is 2.09. The number of carboxylic acid groups (broad SMARTS) is 1. The second kappa shape index (κ2) is 6.41. The molecule has 0 fully saturated rings. The number of phenolic OH excluding ortho intramolecular Hbond substituents is 1. The molecular formula is C20H17N3O5. The monoisotopic (exact) mass is 379 g/mol. The van der Waals surface area contributed by atoms with Crippen molar-refractivity contribution in [1.29, 1.82) is 0 Å². The molecule has 142 valence electrons. The number of anilines is 1. The number of phenols is 1. The van der Waals surface area contributed by atoms with Crippen molar-refractivity contribution in [3.8, 4) is 5.75 Å². The molecule has 0 aromatic heterocycles. The summed E-state index contributed by atoms with van der Waals surface area (Å²) in [5.41, 5.74) is 2.18. The van der Waals surface area contributed by atoms with Gasteiger partial charge in [-0.2, -0.15) is 0 Å². The highest BCUT2D eigenvalue weighted by Gasteiger charge is 2.43. The molecule has 8 nitrogen and oxygen atoms in total. The summed E-state index contributed by atoms with van der Waals surface area (Å²) < 4.78 is 0. The first-order valence-corrected chi connectivity index (χ1v) is 8.58. The van der Waals surface area contributed by atoms with E-state index in [1.807, 2.05) is 0 Å². The first kappa shape index (κ1) is 17.6. The third-order valence-electron chi connectivity index (χ3n) is 4.99. The van der Waals surface area contributed by atoms with Crippen molar-refractivity contribution in [3.05, 3.63) is 70.9 Å². The minimum atomic E-state index is -1.08. The van der Waals surface area contributed by atoms with Gasteiger partial charge >= 0.3 is 12.0 Å². The quantitative estimate of drug-likeness (QED) is 0.756. The van der Waals surface area contributed by atoms with E-state index in [2.05, 4.69) is 5.32 Å². The lowest BCUT2D eigenvalue weighted by atomic mass is 9.95. The van der Waals surface area contributed by atoms with Crippen LogP contribution in [0, 0.1) is 0 Å². The number of hydrogen-bond donors (Lipinski definition) is 3. The summed E-state index contributed by atoms with van der Waals surface area (Å²) in [6.45, 7) is 0.162. The number of rotatable bonds is 3. The summed E-state index contributed by atoms with van der Waals surface area (Å²) >= 11 is 0. The molecule has 0 unspecified atom stereocenters. The van der Waals surface area contributed by atoms with Gasteiger partial charge in [-0.05, 0) is 35.9 Å².